The highest BCUT2D eigenvalue weighted by molar-refractivity contribution is 6.02. The third kappa shape index (κ3) is 3.35. The number of aromatic amines is 1. The Kier molecular flexibility index (Phi) is 4.59. The molecule has 0 bridgehead atoms. The van der Waals surface area contributed by atoms with Crippen LogP contribution in [-0.4, -0.2) is 43.5 Å². The summed E-state index contributed by atoms with van der Waals surface area (Å²) in [5.74, 6) is -3.83. The number of H-pyrrole nitrogens is 1. The number of nitrogens with one attached hydrogen (secondary N) is 2. The minimum Gasteiger partial charge on any atom is -0.503 e. The lowest BCUT2D eigenvalue weighted by Crippen LogP contribution is -2.38. The normalized spacial score (nSPS) is 18.3. The van der Waals surface area contributed by atoms with Crippen molar-refractivity contribution in [3.8, 4) is 5.75 Å². The Morgan fingerprint density at radius 1 is 1.28 bits per heavy atom. The standard InChI is InChI=1S/C19H15F2N5O3/c20-12-4-10(5-13(21)18(12)27)6-15-19(28)26(16(25-15)7-24-29)8-11-2-1-3-14-17(11)23-9-22-14/h1-7,9,16,25,27,29H,8H2,(H,22,23)/b15-6-,24-7+. The molecule has 1 amide bonds. The number of oxime groups is 1. The van der Waals surface area contributed by atoms with E-state index in [9.17, 15) is 18.7 Å². The minimum atomic E-state index is -1.14. The molecule has 4 N–H and O–H groups in total. The van der Waals surface area contributed by atoms with Gasteiger partial charge in [-0.15, -0.1) is 0 Å². The molecule has 1 fully saturated rings. The second-order valence-corrected chi connectivity index (χ2v) is 6.39. The summed E-state index contributed by atoms with van der Waals surface area (Å²) < 4.78 is 27.2. The number of carbonyl (C=O) groups excluding carboxylic acids is 1. The smallest absolute Gasteiger partial charge is 0.272 e. The van der Waals surface area contributed by atoms with Gasteiger partial charge in [0.2, 0.25) is 0 Å². The van der Waals surface area contributed by atoms with Gasteiger partial charge in [0.1, 0.15) is 11.9 Å². The minimum absolute atomic E-state index is 0.0459. The van der Waals surface area contributed by atoms with Crippen LogP contribution in [0.4, 0.5) is 8.78 Å². The van der Waals surface area contributed by atoms with Gasteiger partial charge in [-0.05, 0) is 35.4 Å². The molecular formula is C19H15F2N5O3. The number of amides is 1. The largest absolute Gasteiger partial charge is 0.503 e. The average molecular weight is 399 g/mol. The van der Waals surface area contributed by atoms with E-state index in [0.29, 0.717) is 5.52 Å². The lowest BCUT2D eigenvalue weighted by molar-refractivity contribution is -0.125. The van der Waals surface area contributed by atoms with E-state index in [1.54, 1.807) is 6.33 Å². The van der Waals surface area contributed by atoms with Gasteiger partial charge in [-0.25, -0.2) is 13.8 Å². The molecule has 4 rings (SSSR count). The summed E-state index contributed by atoms with van der Waals surface area (Å²) in [6.07, 6.45) is 3.15. The van der Waals surface area contributed by atoms with Crippen molar-refractivity contribution >= 4 is 29.2 Å². The van der Waals surface area contributed by atoms with E-state index in [1.807, 2.05) is 18.2 Å². The summed E-state index contributed by atoms with van der Waals surface area (Å²) >= 11 is 0. The first-order valence-electron chi connectivity index (χ1n) is 8.53. The summed E-state index contributed by atoms with van der Waals surface area (Å²) in [5, 5.41) is 24.0. The van der Waals surface area contributed by atoms with Gasteiger partial charge in [-0.3, -0.25) is 4.79 Å². The van der Waals surface area contributed by atoms with Gasteiger partial charge in [0.25, 0.3) is 5.91 Å². The third-order valence-corrected chi connectivity index (χ3v) is 4.56. The number of fused-ring (bicyclic) bond motifs is 1. The fraction of sp³-hybridized carbons (Fsp3) is 0.105. The van der Waals surface area contributed by atoms with Gasteiger partial charge in [0, 0.05) is 0 Å². The van der Waals surface area contributed by atoms with Gasteiger partial charge >= 0.3 is 0 Å². The summed E-state index contributed by atoms with van der Waals surface area (Å²) in [4.78, 5) is 21.5. The molecular weight excluding hydrogens is 384 g/mol. The predicted octanol–water partition coefficient (Wildman–Crippen LogP) is 2.31. The van der Waals surface area contributed by atoms with Crippen molar-refractivity contribution in [1.82, 2.24) is 20.2 Å². The highest BCUT2D eigenvalue weighted by atomic mass is 19.1. The molecule has 3 aromatic rings. The van der Waals surface area contributed by atoms with E-state index in [4.69, 9.17) is 5.21 Å². The molecule has 0 spiro atoms. The third-order valence-electron chi connectivity index (χ3n) is 4.56. The second kappa shape index (κ2) is 7.23. The number of nitrogens with zero attached hydrogens (tertiary/aromatic N) is 3. The monoisotopic (exact) mass is 399 g/mol. The number of rotatable bonds is 4. The second-order valence-electron chi connectivity index (χ2n) is 6.39. The lowest BCUT2D eigenvalue weighted by atomic mass is 10.1. The van der Waals surface area contributed by atoms with Crippen molar-refractivity contribution in [3.63, 3.8) is 0 Å². The van der Waals surface area contributed by atoms with Crippen molar-refractivity contribution in [2.24, 2.45) is 5.16 Å². The summed E-state index contributed by atoms with van der Waals surface area (Å²) in [5.41, 5.74) is 2.36. The molecule has 0 aliphatic carbocycles. The van der Waals surface area contributed by atoms with Crippen LogP contribution in [0, 0.1) is 11.6 Å². The Morgan fingerprint density at radius 2 is 2.03 bits per heavy atom. The zero-order valence-corrected chi connectivity index (χ0v) is 14.8. The van der Waals surface area contributed by atoms with Gasteiger partial charge in [-0.1, -0.05) is 17.3 Å². The van der Waals surface area contributed by atoms with Crippen LogP contribution in [0.25, 0.3) is 17.1 Å². The van der Waals surface area contributed by atoms with Crippen LogP contribution >= 0.6 is 0 Å². The van der Waals surface area contributed by atoms with Gasteiger partial charge in [0.15, 0.2) is 17.4 Å². The first kappa shape index (κ1) is 18.4. The molecule has 1 unspecified atom stereocenters. The number of phenolic OH excluding ortho intramolecular Hbond substituents is 1. The van der Waals surface area contributed by atoms with Crippen LogP contribution in [0.15, 0.2) is 47.5 Å². The van der Waals surface area contributed by atoms with Gasteiger partial charge in [0.05, 0.1) is 30.1 Å². The van der Waals surface area contributed by atoms with Crippen molar-refractivity contribution in [2.75, 3.05) is 0 Å². The maximum Gasteiger partial charge on any atom is 0.272 e. The quantitative estimate of drug-likeness (QED) is 0.233. The van der Waals surface area contributed by atoms with Crippen molar-refractivity contribution in [2.45, 2.75) is 12.7 Å². The maximum atomic E-state index is 13.6. The summed E-state index contributed by atoms with van der Waals surface area (Å²) in [6, 6.07) is 7.29. The first-order valence-corrected chi connectivity index (χ1v) is 8.53. The number of aromatic hydroxyl groups is 1. The average Bonchev–Trinajstić information content (AvgIpc) is 3.28. The van der Waals surface area contributed by atoms with Crippen molar-refractivity contribution in [1.29, 1.82) is 0 Å². The fourth-order valence-corrected chi connectivity index (χ4v) is 3.21. The molecule has 1 saturated heterocycles. The number of carbonyl (C=O) groups is 1. The van der Waals surface area contributed by atoms with E-state index in [1.165, 1.54) is 11.0 Å². The van der Waals surface area contributed by atoms with Crippen molar-refractivity contribution < 1.29 is 23.9 Å². The van der Waals surface area contributed by atoms with Gasteiger partial charge < -0.3 is 25.5 Å². The molecule has 0 radical (unpaired) electrons. The zero-order valence-electron chi connectivity index (χ0n) is 14.8. The van der Waals surface area contributed by atoms with E-state index >= 15 is 0 Å². The molecule has 10 heteroatoms. The Bertz CT molecular complexity index is 1130. The fourth-order valence-electron chi connectivity index (χ4n) is 3.21. The number of phenols is 1. The molecule has 29 heavy (non-hydrogen) atoms. The number of benzene rings is 2. The Morgan fingerprint density at radius 3 is 2.76 bits per heavy atom. The molecule has 1 aromatic heterocycles. The van der Waals surface area contributed by atoms with E-state index in [0.717, 1.165) is 29.4 Å². The zero-order chi connectivity index (χ0) is 20.5. The topological polar surface area (TPSA) is 114 Å². The number of hydrogen-bond acceptors (Lipinski definition) is 6. The lowest BCUT2D eigenvalue weighted by Gasteiger charge is -2.20. The summed E-state index contributed by atoms with van der Waals surface area (Å²) in [7, 11) is 0. The maximum absolute atomic E-state index is 13.6. The van der Waals surface area contributed by atoms with E-state index in [-0.39, 0.29) is 17.8 Å². The highest BCUT2D eigenvalue weighted by Gasteiger charge is 2.34. The highest BCUT2D eigenvalue weighted by Crippen LogP contribution is 2.25. The number of hydrogen-bond donors (Lipinski definition) is 4. The molecule has 8 nitrogen and oxygen atoms in total. The van der Waals surface area contributed by atoms with Crippen molar-refractivity contribution in [3.05, 3.63) is 65.1 Å². The first-order chi connectivity index (χ1) is 14.0. The summed E-state index contributed by atoms with van der Waals surface area (Å²) in [6.45, 7) is 0.153. The molecule has 2 aromatic carbocycles. The number of imidazole rings is 1. The number of aromatic nitrogens is 2. The van der Waals surface area contributed by atoms with Crippen LogP contribution in [0.1, 0.15) is 11.1 Å². The van der Waals surface area contributed by atoms with E-state index < -0.39 is 29.5 Å². The van der Waals surface area contributed by atoms with Crippen LogP contribution in [-0.2, 0) is 11.3 Å². The number of para-hydroxylation sites is 1. The molecule has 1 atom stereocenters. The van der Waals surface area contributed by atoms with Crippen LogP contribution in [0.5, 0.6) is 5.75 Å². The van der Waals surface area contributed by atoms with E-state index in [2.05, 4.69) is 20.4 Å². The Labute approximate surface area is 162 Å². The van der Waals surface area contributed by atoms with Crippen LogP contribution < -0.4 is 5.32 Å². The van der Waals surface area contributed by atoms with Crippen LogP contribution in [0.2, 0.25) is 0 Å². The molecule has 1 aliphatic heterocycles. The predicted molar refractivity (Wildman–Crippen MR) is 99.8 cm³/mol. The Balaban J connectivity index is 1.68. The Hall–Kier alpha value is -3.95. The number of halogens is 2. The van der Waals surface area contributed by atoms with Crippen LogP contribution in [0.3, 0.4) is 0 Å². The molecule has 1 aliphatic rings. The SMILES string of the molecule is O=C1/C(=C/c2cc(F)c(O)c(F)c2)NC(/C=N/O)N1Cc1cccc2[nH]cnc12. The van der Waals surface area contributed by atoms with Gasteiger partial charge in [-0.2, -0.15) is 0 Å². The molecule has 0 saturated carbocycles. The molecule has 148 valence electrons. The molecule has 2 heterocycles.